The zero-order valence-electron chi connectivity index (χ0n) is 15.9. The van der Waals surface area contributed by atoms with Crippen LogP contribution in [0.25, 0.3) is 28.2 Å². The molecule has 0 saturated heterocycles. The number of hydrogen-bond donors (Lipinski definition) is 0. The normalized spacial score (nSPS) is 11.4. The molecule has 0 fully saturated rings. The first-order valence-corrected chi connectivity index (χ1v) is 12.4. The van der Waals surface area contributed by atoms with E-state index in [0.717, 1.165) is 39.5 Å². The van der Waals surface area contributed by atoms with Crippen LogP contribution in [-0.2, 0) is 0 Å². The Hall–Kier alpha value is -3.10. The molecule has 4 rings (SSSR count). The van der Waals surface area contributed by atoms with Crippen LogP contribution in [0.3, 0.4) is 0 Å². The van der Waals surface area contributed by atoms with Crippen LogP contribution in [0.1, 0.15) is 11.3 Å². The lowest BCUT2D eigenvalue weighted by atomic mass is 10.0. The van der Waals surface area contributed by atoms with Crippen LogP contribution in [0.4, 0.5) is 0 Å². The fourth-order valence-electron chi connectivity index (χ4n) is 2.91. The predicted octanol–water partition coefficient (Wildman–Crippen LogP) is 5.19. The van der Waals surface area contributed by atoms with E-state index in [1.807, 2.05) is 66.2 Å². The van der Waals surface area contributed by atoms with Gasteiger partial charge in [0.2, 0.25) is 0 Å². The third kappa shape index (κ3) is 3.57. The van der Waals surface area contributed by atoms with Crippen molar-refractivity contribution in [2.45, 2.75) is 26.6 Å². The molecular formula is C22H21N3OSi. The summed E-state index contributed by atoms with van der Waals surface area (Å²) in [7, 11) is -1.41. The summed E-state index contributed by atoms with van der Waals surface area (Å²) in [5, 5.41) is 4.26. The molecule has 3 aromatic heterocycles. The quantitative estimate of drug-likeness (QED) is 0.359. The molecule has 134 valence electrons. The summed E-state index contributed by atoms with van der Waals surface area (Å²) in [5.41, 5.74) is 8.88. The van der Waals surface area contributed by atoms with Crippen LogP contribution in [0.15, 0.2) is 59.4 Å². The van der Waals surface area contributed by atoms with E-state index < -0.39 is 8.07 Å². The fourth-order valence-corrected chi connectivity index (χ4v) is 3.43. The van der Waals surface area contributed by atoms with Crippen molar-refractivity contribution in [1.82, 2.24) is 14.5 Å². The number of fused-ring (bicyclic) bond motifs is 1. The van der Waals surface area contributed by atoms with Crippen LogP contribution in [0.2, 0.25) is 19.6 Å². The third-order valence-corrected chi connectivity index (χ3v) is 5.08. The highest BCUT2D eigenvalue weighted by Gasteiger charge is 2.19. The molecule has 0 aliphatic rings. The summed E-state index contributed by atoms with van der Waals surface area (Å²) in [6, 6.07) is 14.1. The van der Waals surface area contributed by atoms with Crippen molar-refractivity contribution in [2.24, 2.45) is 0 Å². The molecule has 4 aromatic rings. The fraction of sp³-hybridized carbons (Fsp3) is 0.182. The lowest BCUT2D eigenvalue weighted by Gasteiger charge is -2.03. The second-order valence-corrected chi connectivity index (χ2v) is 12.4. The van der Waals surface area contributed by atoms with Gasteiger partial charge in [-0.2, -0.15) is 0 Å². The molecule has 4 nitrogen and oxygen atoms in total. The van der Waals surface area contributed by atoms with E-state index in [9.17, 15) is 0 Å². The summed E-state index contributed by atoms with van der Waals surface area (Å²) in [6.07, 6.45) is 4.02. The van der Waals surface area contributed by atoms with Gasteiger partial charge in [-0.1, -0.05) is 61.0 Å². The summed E-state index contributed by atoms with van der Waals surface area (Å²) < 4.78 is 7.49. The monoisotopic (exact) mass is 371 g/mol. The van der Waals surface area contributed by atoms with Gasteiger partial charge in [0.05, 0.1) is 11.3 Å². The standard InChI is InChI=1S/C22H21N3OSi/c1-16-21(22(24-26-16)18-8-6-5-7-9-18)19-15-25-12-10-17(14-20(25)23-19)11-13-27(2,3)4/h5-10,12,14-15H,1-4H3. The molecule has 1 aromatic carbocycles. The SMILES string of the molecule is Cc1onc(-c2ccccc2)c1-c1cn2ccc(C#C[Si](C)(C)C)cc2n1. The Morgan fingerprint density at radius 2 is 1.85 bits per heavy atom. The number of benzene rings is 1. The van der Waals surface area contributed by atoms with Gasteiger partial charge in [0.25, 0.3) is 0 Å². The molecular weight excluding hydrogens is 350 g/mol. The Balaban J connectivity index is 1.80. The van der Waals surface area contributed by atoms with Gasteiger partial charge in [-0.05, 0) is 19.1 Å². The minimum atomic E-state index is -1.41. The molecule has 0 N–H and O–H groups in total. The largest absolute Gasteiger partial charge is 0.360 e. The molecule has 0 unspecified atom stereocenters. The number of imidazole rings is 1. The molecule has 3 heterocycles. The average Bonchev–Trinajstić information content (AvgIpc) is 3.22. The van der Waals surface area contributed by atoms with Crippen molar-refractivity contribution in [1.29, 1.82) is 0 Å². The summed E-state index contributed by atoms with van der Waals surface area (Å²) in [5.74, 6) is 4.06. The van der Waals surface area contributed by atoms with Crippen LogP contribution in [-0.4, -0.2) is 22.6 Å². The zero-order valence-corrected chi connectivity index (χ0v) is 16.9. The van der Waals surface area contributed by atoms with E-state index in [0.29, 0.717) is 0 Å². The first kappa shape index (κ1) is 17.3. The van der Waals surface area contributed by atoms with Gasteiger partial charge >= 0.3 is 0 Å². The molecule has 0 amide bonds. The number of pyridine rings is 1. The third-order valence-electron chi connectivity index (χ3n) is 4.21. The topological polar surface area (TPSA) is 43.3 Å². The van der Waals surface area contributed by atoms with Gasteiger partial charge in [0.1, 0.15) is 25.2 Å². The first-order chi connectivity index (χ1) is 12.9. The summed E-state index contributed by atoms with van der Waals surface area (Å²) in [4.78, 5) is 4.81. The lowest BCUT2D eigenvalue weighted by Crippen LogP contribution is -2.16. The molecule has 27 heavy (non-hydrogen) atoms. The number of aryl methyl sites for hydroxylation is 1. The van der Waals surface area contributed by atoms with Crippen LogP contribution in [0.5, 0.6) is 0 Å². The van der Waals surface area contributed by atoms with E-state index in [-0.39, 0.29) is 0 Å². The molecule has 0 radical (unpaired) electrons. The van der Waals surface area contributed by atoms with E-state index >= 15 is 0 Å². The molecule has 0 aliphatic carbocycles. The maximum absolute atomic E-state index is 5.48. The maximum Gasteiger partial charge on any atom is 0.143 e. The van der Waals surface area contributed by atoms with Crippen molar-refractivity contribution >= 4 is 13.7 Å². The van der Waals surface area contributed by atoms with Crippen molar-refractivity contribution in [2.75, 3.05) is 0 Å². The number of nitrogens with zero attached hydrogens (tertiary/aromatic N) is 3. The molecule has 0 spiro atoms. The van der Waals surface area contributed by atoms with Crippen molar-refractivity contribution in [3.05, 3.63) is 66.2 Å². The molecule has 0 atom stereocenters. The number of aromatic nitrogens is 3. The Kier molecular flexibility index (Phi) is 4.21. The van der Waals surface area contributed by atoms with Crippen molar-refractivity contribution < 1.29 is 4.52 Å². The van der Waals surface area contributed by atoms with Gasteiger partial charge in [0.15, 0.2) is 0 Å². The second kappa shape index (κ2) is 6.56. The van der Waals surface area contributed by atoms with E-state index in [2.05, 4.69) is 36.3 Å². The Labute approximate surface area is 159 Å². The van der Waals surface area contributed by atoms with Gasteiger partial charge in [-0.25, -0.2) is 4.98 Å². The smallest absolute Gasteiger partial charge is 0.143 e. The molecule has 0 saturated carbocycles. The predicted molar refractivity (Wildman–Crippen MR) is 111 cm³/mol. The minimum Gasteiger partial charge on any atom is -0.360 e. The van der Waals surface area contributed by atoms with Crippen LogP contribution in [0, 0.1) is 18.4 Å². The Morgan fingerprint density at radius 3 is 2.59 bits per heavy atom. The first-order valence-electron chi connectivity index (χ1n) is 8.95. The molecule has 0 bridgehead atoms. The molecule has 5 heteroatoms. The van der Waals surface area contributed by atoms with E-state index in [1.165, 1.54) is 0 Å². The zero-order chi connectivity index (χ0) is 19.0. The maximum atomic E-state index is 5.48. The highest BCUT2D eigenvalue weighted by Crippen LogP contribution is 2.33. The average molecular weight is 372 g/mol. The van der Waals surface area contributed by atoms with E-state index in [1.54, 1.807) is 0 Å². The van der Waals surface area contributed by atoms with Gasteiger partial charge in [-0.15, -0.1) is 5.54 Å². The van der Waals surface area contributed by atoms with Crippen LogP contribution < -0.4 is 0 Å². The Bertz CT molecular complexity index is 1170. The molecule has 0 aliphatic heterocycles. The number of hydrogen-bond acceptors (Lipinski definition) is 3. The van der Waals surface area contributed by atoms with Gasteiger partial charge in [-0.3, -0.25) is 0 Å². The summed E-state index contributed by atoms with van der Waals surface area (Å²) >= 11 is 0. The van der Waals surface area contributed by atoms with E-state index in [4.69, 9.17) is 9.51 Å². The van der Waals surface area contributed by atoms with Crippen molar-refractivity contribution in [3.8, 4) is 34.0 Å². The highest BCUT2D eigenvalue weighted by molar-refractivity contribution is 6.83. The van der Waals surface area contributed by atoms with Crippen molar-refractivity contribution in [3.63, 3.8) is 0 Å². The van der Waals surface area contributed by atoms with Crippen LogP contribution >= 0.6 is 0 Å². The highest BCUT2D eigenvalue weighted by atomic mass is 28.3. The van der Waals surface area contributed by atoms with Gasteiger partial charge in [0, 0.05) is 23.5 Å². The second-order valence-electron chi connectivity index (χ2n) is 7.64. The number of rotatable bonds is 2. The summed E-state index contributed by atoms with van der Waals surface area (Å²) in [6.45, 7) is 8.65. The van der Waals surface area contributed by atoms with Gasteiger partial charge < -0.3 is 8.92 Å². The minimum absolute atomic E-state index is 0.760. The lowest BCUT2D eigenvalue weighted by molar-refractivity contribution is 0.400. The Morgan fingerprint density at radius 1 is 1.07 bits per heavy atom.